The molecule has 7 heteroatoms. The quantitative estimate of drug-likeness (QED) is 0.693. The van der Waals surface area contributed by atoms with Gasteiger partial charge in [-0.15, -0.1) is 0 Å². The van der Waals surface area contributed by atoms with E-state index in [-0.39, 0.29) is 22.7 Å². The number of non-ortho nitro benzene ring substituents is 1. The van der Waals surface area contributed by atoms with E-state index in [9.17, 15) is 19.3 Å². The van der Waals surface area contributed by atoms with Crippen molar-refractivity contribution in [1.82, 2.24) is 0 Å². The fourth-order valence-corrected chi connectivity index (χ4v) is 1.74. The molecule has 2 rings (SSSR count). The zero-order chi connectivity index (χ0) is 15.4. The van der Waals surface area contributed by atoms with Crippen molar-refractivity contribution in [3.05, 3.63) is 64.0 Å². The summed E-state index contributed by atoms with van der Waals surface area (Å²) in [6.07, 6.45) is 0. The molecule has 0 atom stereocenters. The maximum absolute atomic E-state index is 13.5. The molecule has 1 N–H and O–H groups in total. The molecule has 0 aromatic heterocycles. The average Bonchev–Trinajstić information content (AvgIpc) is 2.48. The largest absolute Gasteiger partial charge is 0.496 e. The Bertz CT molecular complexity index is 703. The summed E-state index contributed by atoms with van der Waals surface area (Å²) in [6.45, 7) is 0. The summed E-state index contributed by atoms with van der Waals surface area (Å²) >= 11 is 0. The van der Waals surface area contributed by atoms with Gasteiger partial charge < -0.3 is 10.1 Å². The number of ether oxygens (including phenoxy) is 1. The van der Waals surface area contributed by atoms with Crippen LogP contribution in [0.3, 0.4) is 0 Å². The lowest BCUT2D eigenvalue weighted by molar-refractivity contribution is -0.384. The van der Waals surface area contributed by atoms with Gasteiger partial charge in [0.2, 0.25) is 0 Å². The highest BCUT2D eigenvalue weighted by atomic mass is 19.1. The molecule has 108 valence electrons. The molecule has 2 aromatic rings. The van der Waals surface area contributed by atoms with Gasteiger partial charge in [0, 0.05) is 12.1 Å². The van der Waals surface area contributed by atoms with E-state index in [0.29, 0.717) is 0 Å². The Hall–Kier alpha value is -2.96. The summed E-state index contributed by atoms with van der Waals surface area (Å²) in [5, 5.41) is 13.1. The van der Waals surface area contributed by atoms with E-state index < -0.39 is 16.6 Å². The van der Waals surface area contributed by atoms with Crippen LogP contribution in [0.1, 0.15) is 10.4 Å². The number of para-hydroxylation sites is 1. The van der Waals surface area contributed by atoms with Crippen LogP contribution < -0.4 is 10.1 Å². The standard InChI is InChI=1S/C14H11FN2O4/c1-21-13-7-6-9(17(19)20)8-10(13)14(18)16-12-5-3-2-4-11(12)15/h2-8H,1H3,(H,16,18). The second kappa shape index (κ2) is 6.00. The smallest absolute Gasteiger partial charge is 0.270 e. The number of nitro groups is 1. The van der Waals surface area contributed by atoms with Crippen molar-refractivity contribution < 1.29 is 18.8 Å². The lowest BCUT2D eigenvalue weighted by Gasteiger charge is -2.09. The van der Waals surface area contributed by atoms with Crippen molar-refractivity contribution in [1.29, 1.82) is 0 Å². The third kappa shape index (κ3) is 3.14. The number of nitro benzene ring substituents is 1. The number of carbonyl (C=O) groups is 1. The first kappa shape index (κ1) is 14.4. The number of halogens is 1. The predicted molar refractivity (Wildman–Crippen MR) is 74.0 cm³/mol. The molecule has 0 spiro atoms. The van der Waals surface area contributed by atoms with E-state index in [1.807, 2.05) is 0 Å². The number of rotatable bonds is 4. The Balaban J connectivity index is 2.36. The normalized spacial score (nSPS) is 10.0. The molecular formula is C14H11FN2O4. The molecule has 0 radical (unpaired) electrons. The van der Waals surface area contributed by atoms with Gasteiger partial charge in [-0.25, -0.2) is 4.39 Å². The Morgan fingerprint density at radius 2 is 2.00 bits per heavy atom. The summed E-state index contributed by atoms with van der Waals surface area (Å²) in [7, 11) is 1.33. The van der Waals surface area contributed by atoms with Gasteiger partial charge >= 0.3 is 0 Å². The minimum atomic E-state index is -0.694. The molecule has 21 heavy (non-hydrogen) atoms. The molecule has 0 aliphatic carbocycles. The number of hydrogen-bond donors (Lipinski definition) is 1. The number of methoxy groups -OCH3 is 1. The van der Waals surface area contributed by atoms with Gasteiger partial charge in [-0.2, -0.15) is 0 Å². The number of anilines is 1. The molecule has 0 aliphatic heterocycles. The summed E-state index contributed by atoms with van der Waals surface area (Å²) in [4.78, 5) is 22.3. The van der Waals surface area contributed by atoms with Gasteiger partial charge in [0.15, 0.2) is 0 Å². The van der Waals surface area contributed by atoms with Crippen molar-refractivity contribution in [2.75, 3.05) is 12.4 Å². The van der Waals surface area contributed by atoms with Crippen LogP contribution in [0.2, 0.25) is 0 Å². The van der Waals surface area contributed by atoms with Gasteiger partial charge in [-0.1, -0.05) is 12.1 Å². The van der Waals surface area contributed by atoms with Crippen molar-refractivity contribution >= 4 is 17.3 Å². The topological polar surface area (TPSA) is 81.5 Å². The highest BCUT2D eigenvalue weighted by Gasteiger charge is 2.18. The van der Waals surface area contributed by atoms with E-state index >= 15 is 0 Å². The van der Waals surface area contributed by atoms with Crippen molar-refractivity contribution in [3.8, 4) is 5.75 Å². The second-order valence-electron chi connectivity index (χ2n) is 4.08. The lowest BCUT2D eigenvalue weighted by Crippen LogP contribution is -2.14. The molecule has 2 aromatic carbocycles. The fraction of sp³-hybridized carbons (Fsp3) is 0.0714. The molecule has 0 saturated carbocycles. The lowest BCUT2D eigenvalue weighted by atomic mass is 10.1. The molecule has 0 fully saturated rings. The Kier molecular flexibility index (Phi) is 4.13. The minimum Gasteiger partial charge on any atom is -0.496 e. The van der Waals surface area contributed by atoms with E-state index in [2.05, 4.69) is 5.32 Å². The number of nitrogens with one attached hydrogen (secondary N) is 1. The van der Waals surface area contributed by atoms with Crippen molar-refractivity contribution in [2.45, 2.75) is 0 Å². The van der Waals surface area contributed by atoms with Crippen LogP contribution in [0, 0.1) is 15.9 Å². The summed E-state index contributed by atoms with van der Waals surface area (Å²) in [5.74, 6) is -1.13. The van der Waals surface area contributed by atoms with Crippen LogP contribution in [0.15, 0.2) is 42.5 Å². The fourth-order valence-electron chi connectivity index (χ4n) is 1.74. The molecule has 0 aliphatic rings. The van der Waals surface area contributed by atoms with E-state index in [1.165, 1.54) is 37.4 Å². The van der Waals surface area contributed by atoms with E-state index in [1.54, 1.807) is 6.07 Å². The predicted octanol–water partition coefficient (Wildman–Crippen LogP) is 2.99. The first-order valence-corrected chi connectivity index (χ1v) is 5.91. The minimum absolute atomic E-state index is 0.0175. The van der Waals surface area contributed by atoms with Crippen molar-refractivity contribution in [2.24, 2.45) is 0 Å². The Morgan fingerprint density at radius 3 is 2.62 bits per heavy atom. The number of nitrogens with zero attached hydrogens (tertiary/aromatic N) is 1. The molecule has 1 amide bonds. The zero-order valence-corrected chi connectivity index (χ0v) is 11.0. The molecular weight excluding hydrogens is 279 g/mol. The van der Waals surface area contributed by atoms with Crippen LogP contribution in [-0.4, -0.2) is 17.9 Å². The van der Waals surface area contributed by atoms with Crippen LogP contribution in [-0.2, 0) is 0 Å². The van der Waals surface area contributed by atoms with Crippen molar-refractivity contribution in [3.63, 3.8) is 0 Å². The number of hydrogen-bond acceptors (Lipinski definition) is 4. The van der Waals surface area contributed by atoms with E-state index in [4.69, 9.17) is 4.74 Å². The SMILES string of the molecule is COc1ccc([N+](=O)[O-])cc1C(=O)Nc1ccccc1F. The first-order chi connectivity index (χ1) is 10.0. The maximum Gasteiger partial charge on any atom is 0.270 e. The first-order valence-electron chi connectivity index (χ1n) is 5.91. The third-order valence-electron chi connectivity index (χ3n) is 2.76. The maximum atomic E-state index is 13.5. The molecule has 0 heterocycles. The number of carbonyl (C=O) groups excluding carboxylic acids is 1. The van der Waals surface area contributed by atoms with E-state index in [0.717, 1.165) is 6.07 Å². The van der Waals surface area contributed by atoms with Gasteiger partial charge in [-0.05, 0) is 18.2 Å². The zero-order valence-electron chi connectivity index (χ0n) is 11.0. The average molecular weight is 290 g/mol. The Morgan fingerprint density at radius 1 is 1.29 bits per heavy atom. The Labute approximate surface area is 119 Å². The second-order valence-corrected chi connectivity index (χ2v) is 4.08. The van der Waals surface area contributed by atoms with Crippen LogP contribution in [0.25, 0.3) is 0 Å². The molecule has 0 unspecified atom stereocenters. The van der Waals surface area contributed by atoms with Gasteiger partial charge in [0.05, 0.1) is 23.3 Å². The number of amides is 1. The third-order valence-corrected chi connectivity index (χ3v) is 2.76. The number of benzene rings is 2. The molecule has 0 bridgehead atoms. The van der Waals surface area contributed by atoms with Crippen LogP contribution in [0.5, 0.6) is 5.75 Å². The summed E-state index contributed by atoms with van der Waals surface area (Å²) in [6, 6.07) is 9.24. The molecule has 6 nitrogen and oxygen atoms in total. The monoisotopic (exact) mass is 290 g/mol. The summed E-state index contributed by atoms with van der Waals surface area (Å²) in [5.41, 5.74) is -0.319. The van der Waals surface area contributed by atoms with Crippen LogP contribution >= 0.6 is 0 Å². The summed E-state index contributed by atoms with van der Waals surface area (Å²) < 4.78 is 18.5. The highest BCUT2D eigenvalue weighted by molar-refractivity contribution is 6.06. The van der Waals surface area contributed by atoms with Gasteiger partial charge in [-0.3, -0.25) is 14.9 Å². The highest BCUT2D eigenvalue weighted by Crippen LogP contribution is 2.25. The van der Waals surface area contributed by atoms with Crippen LogP contribution in [0.4, 0.5) is 15.8 Å². The molecule has 0 saturated heterocycles. The van der Waals surface area contributed by atoms with Gasteiger partial charge in [0.1, 0.15) is 11.6 Å². The van der Waals surface area contributed by atoms with Gasteiger partial charge in [0.25, 0.3) is 11.6 Å².